The zero-order valence-electron chi connectivity index (χ0n) is 15.7. The van der Waals surface area contributed by atoms with Crippen LogP contribution in [0.5, 0.6) is 0 Å². The number of rotatable bonds is 2. The van der Waals surface area contributed by atoms with E-state index in [0.29, 0.717) is 43.1 Å². The Kier molecular flexibility index (Phi) is 5.13. The summed E-state index contributed by atoms with van der Waals surface area (Å²) in [7, 11) is 2.07. The maximum Gasteiger partial charge on any atom is 0.254 e. The summed E-state index contributed by atoms with van der Waals surface area (Å²) in [6, 6.07) is 0. The van der Waals surface area contributed by atoms with Crippen LogP contribution in [0.4, 0.5) is 0 Å². The molecule has 0 aliphatic carbocycles. The molecule has 1 atom stereocenters. The van der Waals surface area contributed by atoms with E-state index >= 15 is 0 Å². The van der Waals surface area contributed by atoms with E-state index in [0.717, 1.165) is 19.4 Å². The number of amides is 2. The lowest BCUT2D eigenvalue weighted by Gasteiger charge is -2.49. The molecule has 0 radical (unpaired) electrons. The highest BCUT2D eigenvalue weighted by atomic mass is 16.2. The van der Waals surface area contributed by atoms with Gasteiger partial charge in [-0.25, -0.2) is 4.98 Å². The van der Waals surface area contributed by atoms with Crippen molar-refractivity contribution in [3.63, 3.8) is 0 Å². The number of H-pyrrole nitrogens is 1. The van der Waals surface area contributed by atoms with E-state index in [1.807, 2.05) is 4.90 Å². The van der Waals surface area contributed by atoms with Crippen molar-refractivity contribution >= 4 is 11.8 Å². The fraction of sp³-hybridized carbons (Fsp3) is 0.667. The number of aromatic nitrogens is 2. The predicted molar refractivity (Wildman–Crippen MR) is 96.8 cm³/mol. The van der Waals surface area contributed by atoms with Crippen LogP contribution in [0, 0.1) is 13.8 Å². The van der Waals surface area contributed by atoms with Gasteiger partial charge in [-0.05, 0) is 33.7 Å². The minimum atomic E-state index is -0.239. The Morgan fingerprint density at radius 2 is 2.00 bits per heavy atom. The van der Waals surface area contributed by atoms with Gasteiger partial charge in [0.25, 0.3) is 5.56 Å². The summed E-state index contributed by atoms with van der Waals surface area (Å²) < 4.78 is 0. The van der Waals surface area contributed by atoms with E-state index in [9.17, 15) is 14.4 Å². The van der Waals surface area contributed by atoms with E-state index in [-0.39, 0.29) is 29.3 Å². The van der Waals surface area contributed by atoms with Gasteiger partial charge in [0.05, 0.1) is 6.42 Å². The van der Waals surface area contributed by atoms with E-state index in [2.05, 4.69) is 27.2 Å². The molecule has 142 valence electrons. The second-order valence-corrected chi connectivity index (χ2v) is 7.45. The molecule has 1 aromatic heterocycles. The molecule has 8 nitrogen and oxygen atoms in total. The smallest absolute Gasteiger partial charge is 0.254 e. The number of aromatic amines is 1. The fourth-order valence-electron chi connectivity index (χ4n) is 4.03. The van der Waals surface area contributed by atoms with E-state index < -0.39 is 0 Å². The number of likely N-dealkylation sites (N-methyl/N-ethyl adjacent to an activating group) is 1. The van der Waals surface area contributed by atoms with Gasteiger partial charge < -0.3 is 15.2 Å². The van der Waals surface area contributed by atoms with Gasteiger partial charge in [-0.3, -0.25) is 19.3 Å². The van der Waals surface area contributed by atoms with Crippen LogP contribution in [-0.4, -0.2) is 70.3 Å². The van der Waals surface area contributed by atoms with Gasteiger partial charge in [0.1, 0.15) is 5.82 Å². The Bertz CT molecular complexity index is 775. The Morgan fingerprint density at radius 3 is 2.73 bits per heavy atom. The molecule has 2 aliphatic heterocycles. The third-order valence-corrected chi connectivity index (χ3v) is 5.75. The van der Waals surface area contributed by atoms with Crippen LogP contribution in [-0.2, 0) is 16.0 Å². The Balaban J connectivity index is 1.76. The highest BCUT2D eigenvalue weighted by Gasteiger charge is 2.42. The second-order valence-electron chi connectivity index (χ2n) is 7.45. The molecule has 0 aromatic carbocycles. The molecule has 3 rings (SSSR count). The molecule has 1 aromatic rings. The van der Waals surface area contributed by atoms with Crippen molar-refractivity contribution in [3.8, 4) is 0 Å². The second kappa shape index (κ2) is 7.19. The lowest BCUT2D eigenvalue weighted by molar-refractivity contribution is -0.136. The molecule has 2 amide bonds. The van der Waals surface area contributed by atoms with Crippen LogP contribution in [0.3, 0.4) is 0 Å². The van der Waals surface area contributed by atoms with Crippen LogP contribution in [0.2, 0.25) is 0 Å². The molecule has 1 spiro atoms. The van der Waals surface area contributed by atoms with Crippen LogP contribution in [0.15, 0.2) is 4.79 Å². The average molecular weight is 361 g/mol. The summed E-state index contributed by atoms with van der Waals surface area (Å²) in [5, 5.41) is 2.92. The number of carbonyl (C=O) groups is 2. The number of hydrogen-bond acceptors (Lipinski definition) is 5. The zero-order valence-corrected chi connectivity index (χ0v) is 15.7. The minimum Gasteiger partial charge on any atom is -0.356 e. The monoisotopic (exact) mass is 361 g/mol. The molecule has 0 saturated carbocycles. The molecular weight excluding hydrogens is 334 g/mol. The summed E-state index contributed by atoms with van der Waals surface area (Å²) in [6.45, 7) is 6.11. The maximum atomic E-state index is 12.9. The first-order valence-corrected chi connectivity index (χ1v) is 9.13. The largest absolute Gasteiger partial charge is 0.356 e. The van der Waals surface area contributed by atoms with Crippen molar-refractivity contribution in [2.45, 2.75) is 45.1 Å². The van der Waals surface area contributed by atoms with Gasteiger partial charge in [0.15, 0.2) is 0 Å². The molecule has 0 unspecified atom stereocenters. The Labute approximate surface area is 153 Å². The van der Waals surface area contributed by atoms with Crippen molar-refractivity contribution in [2.24, 2.45) is 0 Å². The van der Waals surface area contributed by atoms with Crippen LogP contribution in [0.25, 0.3) is 0 Å². The number of nitrogens with one attached hydrogen (secondary N) is 2. The van der Waals surface area contributed by atoms with Crippen molar-refractivity contribution in [2.75, 3.05) is 33.2 Å². The summed E-state index contributed by atoms with van der Waals surface area (Å²) in [6.07, 6.45) is 2.11. The summed E-state index contributed by atoms with van der Waals surface area (Å²) >= 11 is 0. The zero-order chi connectivity index (χ0) is 18.9. The molecule has 0 bridgehead atoms. The van der Waals surface area contributed by atoms with Gasteiger partial charge in [-0.15, -0.1) is 0 Å². The summed E-state index contributed by atoms with van der Waals surface area (Å²) in [5.41, 5.74) is 0.621. The van der Waals surface area contributed by atoms with Gasteiger partial charge in [0.2, 0.25) is 11.8 Å². The van der Waals surface area contributed by atoms with Crippen LogP contribution >= 0.6 is 0 Å². The van der Waals surface area contributed by atoms with E-state index in [1.165, 1.54) is 0 Å². The first-order chi connectivity index (χ1) is 12.3. The number of aryl methyl sites for hydroxylation is 2. The van der Waals surface area contributed by atoms with Crippen molar-refractivity contribution in [3.05, 3.63) is 27.4 Å². The molecule has 3 heterocycles. The quantitative estimate of drug-likeness (QED) is 0.756. The molecule has 2 fully saturated rings. The normalized spacial score (nSPS) is 24.4. The van der Waals surface area contributed by atoms with Gasteiger partial charge in [0, 0.05) is 49.4 Å². The first-order valence-electron chi connectivity index (χ1n) is 9.13. The third kappa shape index (κ3) is 3.65. The predicted octanol–water partition coefficient (Wildman–Crippen LogP) is -0.258. The topological polar surface area (TPSA) is 98.4 Å². The summed E-state index contributed by atoms with van der Waals surface area (Å²) in [5.74, 6) is 0.574. The van der Waals surface area contributed by atoms with E-state index in [1.54, 1.807) is 13.8 Å². The maximum absolute atomic E-state index is 12.9. The molecule has 2 saturated heterocycles. The van der Waals surface area contributed by atoms with Crippen LogP contribution < -0.4 is 10.9 Å². The Hall–Kier alpha value is -2.22. The first kappa shape index (κ1) is 18.6. The number of nitrogens with zero attached hydrogens (tertiary/aromatic N) is 3. The van der Waals surface area contributed by atoms with Gasteiger partial charge in [-0.1, -0.05) is 0 Å². The molecule has 2 N–H and O–H groups in total. The summed E-state index contributed by atoms with van der Waals surface area (Å²) in [4.78, 5) is 47.9. The fourth-order valence-corrected chi connectivity index (χ4v) is 4.03. The number of piperazine rings is 1. The lowest BCUT2D eigenvalue weighted by atomic mass is 9.86. The highest BCUT2D eigenvalue weighted by molar-refractivity contribution is 5.79. The number of hydrogen-bond donors (Lipinski definition) is 2. The van der Waals surface area contributed by atoms with Gasteiger partial charge >= 0.3 is 0 Å². The standard InChI is InChI=1S/C18H27N5O3/c1-12-14(17(26)21-13(2)20-12)10-16(25)23-9-8-22(3)18(11-23)5-4-15(24)19-7-6-18/h4-11H2,1-3H3,(H,19,24)(H,20,21,26)/t18-/m0/s1. The minimum absolute atomic E-state index is 0.0553. The van der Waals surface area contributed by atoms with Crippen molar-refractivity contribution in [1.29, 1.82) is 0 Å². The third-order valence-electron chi connectivity index (χ3n) is 5.75. The van der Waals surface area contributed by atoms with Crippen LogP contribution in [0.1, 0.15) is 36.3 Å². The molecule has 8 heteroatoms. The molecular formula is C18H27N5O3. The van der Waals surface area contributed by atoms with Crippen molar-refractivity contribution in [1.82, 2.24) is 25.1 Å². The highest BCUT2D eigenvalue weighted by Crippen LogP contribution is 2.30. The lowest BCUT2D eigenvalue weighted by Crippen LogP contribution is -2.62. The van der Waals surface area contributed by atoms with Gasteiger partial charge in [-0.2, -0.15) is 0 Å². The Morgan fingerprint density at radius 1 is 1.23 bits per heavy atom. The number of carbonyl (C=O) groups excluding carboxylic acids is 2. The SMILES string of the molecule is Cc1nc(C)c(CC(=O)N2CCN(C)[C@@]3(CCNC(=O)CC3)C2)c(=O)[nH]1. The average Bonchev–Trinajstić information content (AvgIpc) is 2.76. The molecule has 2 aliphatic rings. The molecule has 26 heavy (non-hydrogen) atoms. The van der Waals surface area contributed by atoms with E-state index in [4.69, 9.17) is 0 Å². The van der Waals surface area contributed by atoms with Crippen molar-refractivity contribution < 1.29 is 9.59 Å².